The number of nitrogens with zero attached hydrogens (tertiary/aromatic N) is 1. The van der Waals surface area contributed by atoms with Gasteiger partial charge in [-0.2, -0.15) is 0 Å². The lowest BCUT2D eigenvalue weighted by molar-refractivity contribution is 0.741. The summed E-state index contributed by atoms with van der Waals surface area (Å²) in [6.07, 6.45) is 4.29. The van der Waals surface area contributed by atoms with Gasteiger partial charge in [-0.1, -0.05) is 6.92 Å². The van der Waals surface area contributed by atoms with E-state index in [1.807, 2.05) is 11.3 Å². The molecule has 1 heterocycles. The monoisotopic (exact) mass is 208 g/mol. The first kappa shape index (κ1) is 8.86. The van der Waals surface area contributed by atoms with Gasteiger partial charge in [0.1, 0.15) is 0 Å². The van der Waals surface area contributed by atoms with Crippen LogP contribution in [0, 0.1) is 5.41 Å². The summed E-state index contributed by atoms with van der Waals surface area (Å²) < 4.78 is 0. The fourth-order valence-electron chi connectivity index (χ4n) is 2.22. The van der Waals surface area contributed by atoms with Crippen molar-refractivity contribution in [1.82, 2.24) is 4.98 Å². The van der Waals surface area contributed by atoms with E-state index in [4.69, 9.17) is 10.7 Å². The highest BCUT2D eigenvalue weighted by Gasteiger charge is 2.64. The minimum atomic E-state index is 0.425. The molecule has 0 bridgehead atoms. The Hall–Kier alpha value is -0.410. The second kappa shape index (κ2) is 2.80. The second-order valence-electron chi connectivity index (χ2n) is 4.87. The minimum absolute atomic E-state index is 0.425. The lowest BCUT2D eigenvalue weighted by atomic mass is 10.1. The van der Waals surface area contributed by atoms with Crippen molar-refractivity contribution in [3.8, 4) is 0 Å². The van der Waals surface area contributed by atoms with Crippen LogP contribution < -0.4 is 5.73 Å². The molecule has 2 atom stereocenters. The van der Waals surface area contributed by atoms with Gasteiger partial charge in [0.15, 0.2) is 0 Å². The largest absolute Gasteiger partial charge is 0.330 e. The van der Waals surface area contributed by atoms with E-state index < -0.39 is 0 Å². The fraction of sp³-hybridized carbons (Fsp3) is 0.727. The lowest BCUT2D eigenvalue weighted by Crippen LogP contribution is -2.09. The molecule has 76 valence electrons. The normalized spacial score (nSPS) is 29.1. The maximum absolute atomic E-state index is 5.64. The second-order valence-corrected chi connectivity index (χ2v) is 5.76. The molecule has 2 aliphatic rings. The van der Waals surface area contributed by atoms with E-state index in [0.717, 1.165) is 11.3 Å². The van der Waals surface area contributed by atoms with Crippen LogP contribution in [0.15, 0.2) is 5.38 Å². The maximum Gasteiger partial charge on any atom is 0.0965 e. The first-order valence-electron chi connectivity index (χ1n) is 5.40. The van der Waals surface area contributed by atoms with Crippen LogP contribution in [0.5, 0.6) is 0 Å². The SMILES string of the molecule is CC(CN)c1csc(C2CC23CC3)n1. The molecule has 2 N–H and O–H groups in total. The lowest BCUT2D eigenvalue weighted by Gasteiger charge is -2.02. The quantitative estimate of drug-likeness (QED) is 0.828. The van der Waals surface area contributed by atoms with Crippen molar-refractivity contribution in [3.05, 3.63) is 16.1 Å². The Bertz CT molecular complexity index is 354. The third-order valence-electron chi connectivity index (χ3n) is 3.78. The van der Waals surface area contributed by atoms with Crippen LogP contribution in [0.1, 0.15) is 48.7 Å². The first-order valence-corrected chi connectivity index (χ1v) is 6.28. The molecule has 2 saturated carbocycles. The Kier molecular flexibility index (Phi) is 1.77. The number of rotatable bonds is 3. The highest BCUT2D eigenvalue weighted by Crippen LogP contribution is 2.75. The topological polar surface area (TPSA) is 38.9 Å². The number of nitrogens with two attached hydrogens (primary N) is 1. The Morgan fingerprint density at radius 1 is 1.71 bits per heavy atom. The molecule has 2 nitrogen and oxygen atoms in total. The number of hydrogen-bond acceptors (Lipinski definition) is 3. The average molecular weight is 208 g/mol. The van der Waals surface area contributed by atoms with Gasteiger partial charge in [-0.25, -0.2) is 4.98 Å². The maximum atomic E-state index is 5.64. The Morgan fingerprint density at radius 3 is 3.07 bits per heavy atom. The fourth-order valence-corrected chi connectivity index (χ4v) is 3.40. The van der Waals surface area contributed by atoms with Crippen molar-refractivity contribution in [1.29, 1.82) is 0 Å². The van der Waals surface area contributed by atoms with E-state index in [-0.39, 0.29) is 0 Å². The molecular weight excluding hydrogens is 192 g/mol. The Balaban J connectivity index is 1.77. The highest BCUT2D eigenvalue weighted by atomic mass is 32.1. The highest BCUT2D eigenvalue weighted by molar-refractivity contribution is 7.09. The average Bonchev–Trinajstić information content (AvgIpc) is 3.09. The van der Waals surface area contributed by atoms with Crippen LogP contribution in [0.25, 0.3) is 0 Å². The van der Waals surface area contributed by atoms with E-state index in [1.54, 1.807) is 0 Å². The van der Waals surface area contributed by atoms with E-state index in [1.165, 1.54) is 30.0 Å². The third kappa shape index (κ3) is 1.22. The number of aromatic nitrogens is 1. The van der Waals surface area contributed by atoms with Crippen LogP contribution in [-0.2, 0) is 0 Å². The molecule has 2 aliphatic carbocycles. The Labute approximate surface area is 88.5 Å². The zero-order chi connectivity index (χ0) is 9.76. The van der Waals surface area contributed by atoms with Gasteiger partial charge in [-0.05, 0) is 24.7 Å². The van der Waals surface area contributed by atoms with E-state index in [2.05, 4.69) is 12.3 Å². The molecule has 14 heavy (non-hydrogen) atoms. The summed E-state index contributed by atoms with van der Waals surface area (Å²) in [4.78, 5) is 4.72. The molecule has 0 amide bonds. The smallest absolute Gasteiger partial charge is 0.0965 e. The Morgan fingerprint density at radius 2 is 2.50 bits per heavy atom. The van der Waals surface area contributed by atoms with Crippen molar-refractivity contribution in [2.45, 2.75) is 38.0 Å². The first-order chi connectivity index (χ1) is 6.75. The summed E-state index contributed by atoms with van der Waals surface area (Å²) in [5.74, 6) is 1.24. The summed E-state index contributed by atoms with van der Waals surface area (Å²) in [5.41, 5.74) is 7.58. The molecule has 1 spiro atoms. The molecular formula is C11H16N2S. The number of hydrogen-bond donors (Lipinski definition) is 1. The number of thiazole rings is 1. The molecule has 1 aromatic rings. The molecule has 3 rings (SSSR count). The predicted molar refractivity (Wildman–Crippen MR) is 58.6 cm³/mol. The molecule has 0 aromatic carbocycles. The van der Waals surface area contributed by atoms with E-state index in [0.29, 0.717) is 12.5 Å². The summed E-state index contributed by atoms with van der Waals surface area (Å²) >= 11 is 1.84. The standard InChI is InChI=1S/C11H16N2S/c1-7(5-12)9-6-14-10(13-9)8-4-11(8)2-3-11/h6-8H,2-5,12H2,1H3. The minimum Gasteiger partial charge on any atom is -0.330 e. The van der Waals surface area contributed by atoms with Crippen molar-refractivity contribution in [2.24, 2.45) is 11.1 Å². The zero-order valence-electron chi connectivity index (χ0n) is 8.49. The van der Waals surface area contributed by atoms with E-state index >= 15 is 0 Å². The van der Waals surface area contributed by atoms with E-state index in [9.17, 15) is 0 Å². The van der Waals surface area contributed by atoms with Crippen LogP contribution in [0.3, 0.4) is 0 Å². The van der Waals surface area contributed by atoms with Gasteiger partial charge in [0, 0.05) is 23.8 Å². The molecule has 2 unspecified atom stereocenters. The molecule has 0 aliphatic heterocycles. The van der Waals surface area contributed by atoms with Gasteiger partial charge >= 0.3 is 0 Å². The molecule has 0 radical (unpaired) electrons. The summed E-state index contributed by atoms with van der Waals surface area (Å²) in [6, 6.07) is 0. The van der Waals surface area contributed by atoms with Gasteiger partial charge in [0.05, 0.1) is 10.7 Å². The van der Waals surface area contributed by atoms with Crippen molar-refractivity contribution in [2.75, 3.05) is 6.54 Å². The van der Waals surface area contributed by atoms with Gasteiger partial charge in [0.25, 0.3) is 0 Å². The van der Waals surface area contributed by atoms with Gasteiger partial charge in [-0.3, -0.25) is 0 Å². The molecule has 2 fully saturated rings. The van der Waals surface area contributed by atoms with Gasteiger partial charge < -0.3 is 5.73 Å². The van der Waals surface area contributed by atoms with Crippen LogP contribution in [-0.4, -0.2) is 11.5 Å². The summed E-state index contributed by atoms with van der Waals surface area (Å²) in [7, 11) is 0. The zero-order valence-corrected chi connectivity index (χ0v) is 9.31. The van der Waals surface area contributed by atoms with Gasteiger partial charge in [0.2, 0.25) is 0 Å². The summed E-state index contributed by atoms with van der Waals surface area (Å²) in [5, 5.41) is 3.57. The van der Waals surface area contributed by atoms with Crippen LogP contribution in [0.2, 0.25) is 0 Å². The predicted octanol–water partition coefficient (Wildman–Crippen LogP) is 2.47. The van der Waals surface area contributed by atoms with Crippen molar-refractivity contribution in [3.63, 3.8) is 0 Å². The van der Waals surface area contributed by atoms with Crippen LogP contribution in [0.4, 0.5) is 0 Å². The van der Waals surface area contributed by atoms with Crippen molar-refractivity contribution < 1.29 is 0 Å². The molecule has 0 saturated heterocycles. The van der Waals surface area contributed by atoms with Crippen molar-refractivity contribution >= 4 is 11.3 Å². The van der Waals surface area contributed by atoms with Gasteiger partial charge in [-0.15, -0.1) is 11.3 Å². The third-order valence-corrected chi connectivity index (χ3v) is 4.75. The van der Waals surface area contributed by atoms with Crippen LogP contribution >= 0.6 is 11.3 Å². The summed E-state index contributed by atoms with van der Waals surface area (Å²) in [6.45, 7) is 2.86. The molecule has 1 aromatic heterocycles. The molecule has 3 heteroatoms.